The van der Waals surface area contributed by atoms with Crippen LogP contribution in [0.1, 0.15) is 18.5 Å². The summed E-state index contributed by atoms with van der Waals surface area (Å²) in [5.74, 6) is -0.186. The molecule has 26 heavy (non-hydrogen) atoms. The van der Waals surface area contributed by atoms with Gasteiger partial charge in [-0.05, 0) is 57.3 Å². The van der Waals surface area contributed by atoms with E-state index in [-0.39, 0.29) is 33.3 Å². The first-order valence-electron chi connectivity index (χ1n) is 7.54. The zero-order chi connectivity index (χ0) is 18.7. The van der Waals surface area contributed by atoms with E-state index in [1.165, 1.54) is 18.2 Å². The number of amidine groups is 1. The van der Waals surface area contributed by atoms with Crippen molar-refractivity contribution in [1.82, 2.24) is 15.8 Å². The smallest absolute Gasteiger partial charge is 0.202 e. The zero-order valence-electron chi connectivity index (χ0n) is 13.4. The molecule has 0 atom stereocenters. The van der Waals surface area contributed by atoms with E-state index in [0.717, 1.165) is 12.8 Å². The molecular weight excluding hydrogens is 411 g/mol. The summed E-state index contributed by atoms with van der Waals surface area (Å²) in [6.45, 7) is 0.410. The van der Waals surface area contributed by atoms with Gasteiger partial charge in [-0.15, -0.1) is 0 Å². The molecule has 7 N–H and O–H groups in total. The molecule has 1 aromatic heterocycles. The van der Waals surface area contributed by atoms with Crippen molar-refractivity contribution < 1.29 is 14.2 Å². The predicted molar refractivity (Wildman–Crippen MR) is 95.8 cm³/mol. The molecule has 0 amide bonds. The molecule has 0 aliphatic heterocycles. The van der Waals surface area contributed by atoms with Gasteiger partial charge in [-0.3, -0.25) is 10.7 Å². The molecule has 0 radical (unpaired) electrons. The molecule has 10 nitrogen and oxygen atoms in total. The zero-order valence-corrected chi connectivity index (χ0v) is 15.0. The molecule has 1 heterocycles. The number of guanidine groups is 1. The fourth-order valence-corrected chi connectivity index (χ4v) is 2.64. The molecule has 1 saturated carbocycles. The van der Waals surface area contributed by atoms with Crippen LogP contribution in [-0.4, -0.2) is 39.4 Å². The minimum Gasteiger partial charge on any atom is -0.370 e. The summed E-state index contributed by atoms with van der Waals surface area (Å²) in [5, 5.41) is 19.9. The van der Waals surface area contributed by atoms with Crippen molar-refractivity contribution in [2.45, 2.75) is 18.4 Å². The summed E-state index contributed by atoms with van der Waals surface area (Å²) >= 11 is 3.08. The molecule has 0 bridgehead atoms. The van der Waals surface area contributed by atoms with Crippen molar-refractivity contribution >= 4 is 39.2 Å². The fourth-order valence-electron chi connectivity index (χ4n) is 2.27. The number of aliphatic imine (C=N–C) groups is 2. The van der Waals surface area contributed by atoms with Gasteiger partial charge in [0.05, 0.1) is 15.7 Å². The summed E-state index contributed by atoms with van der Waals surface area (Å²) in [6.07, 6.45) is 1.67. The lowest BCUT2D eigenvalue weighted by Gasteiger charge is -2.11. The maximum atomic E-state index is 13.3. The number of hydrogen-bond donors (Lipinski definition) is 5. The van der Waals surface area contributed by atoms with Crippen molar-refractivity contribution in [3.63, 3.8) is 0 Å². The Morgan fingerprint density at radius 3 is 2.77 bits per heavy atom. The molecule has 0 saturated heterocycles. The number of rotatable bonds is 6. The van der Waals surface area contributed by atoms with E-state index in [4.69, 9.17) is 16.1 Å². The highest BCUT2D eigenvalue weighted by Crippen LogP contribution is 2.39. The Balaban J connectivity index is 1.80. The molecule has 1 aliphatic carbocycles. The minimum atomic E-state index is -0.428. The van der Waals surface area contributed by atoms with Crippen LogP contribution >= 0.6 is 15.9 Å². The van der Waals surface area contributed by atoms with Crippen LogP contribution in [0.2, 0.25) is 0 Å². The van der Waals surface area contributed by atoms with Gasteiger partial charge >= 0.3 is 0 Å². The third kappa shape index (κ3) is 4.08. The molecule has 0 unspecified atom stereocenters. The number of nitrogens with one attached hydrogen (secondary N) is 2. The third-order valence-corrected chi connectivity index (χ3v) is 4.35. The number of anilines is 1. The average Bonchev–Trinajstić information content (AvgIpc) is 3.18. The molecule has 1 fully saturated rings. The lowest BCUT2D eigenvalue weighted by atomic mass is 10.2. The summed E-state index contributed by atoms with van der Waals surface area (Å²) in [7, 11) is 0. The Hall–Kier alpha value is -2.73. The Morgan fingerprint density at radius 1 is 1.38 bits per heavy atom. The van der Waals surface area contributed by atoms with E-state index in [9.17, 15) is 9.60 Å². The Morgan fingerprint density at radius 2 is 2.15 bits per heavy atom. The van der Waals surface area contributed by atoms with Crippen LogP contribution in [-0.2, 0) is 0 Å². The van der Waals surface area contributed by atoms with E-state index >= 15 is 0 Å². The van der Waals surface area contributed by atoms with Gasteiger partial charge in [-0.25, -0.2) is 19.0 Å². The second-order valence-electron chi connectivity index (χ2n) is 5.75. The van der Waals surface area contributed by atoms with Crippen LogP contribution in [0, 0.1) is 5.82 Å². The number of hydrogen-bond acceptors (Lipinski definition) is 7. The van der Waals surface area contributed by atoms with Crippen molar-refractivity contribution in [3.8, 4) is 0 Å². The van der Waals surface area contributed by atoms with Crippen LogP contribution in [0.3, 0.4) is 0 Å². The monoisotopic (exact) mass is 426 g/mol. The van der Waals surface area contributed by atoms with E-state index < -0.39 is 5.82 Å². The highest BCUT2D eigenvalue weighted by Gasteiger charge is 2.43. The summed E-state index contributed by atoms with van der Waals surface area (Å²) in [5.41, 5.74) is 13.0. The van der Waals surface area contributed by atoms with Gasteiger partial charge in [0.2, 0.25) is 5.82 Å². The van der Waals surface area contributed by atoms with E-state index in [2.05, 4.69) is 41.5 Å². The number of halogens is 2. The molecule has 3 rings (SSSR count). The van der Waals surface area contributed by atoms with E-state index in [0.29, 0.717) is 12.2 Å². The largest absolute Gasteiger partial charge is 0.370 e. The number of aromatic nitrogens is 2. The van der Waals surface area contributed by atoms with E-state index in [1.54, 1.807) is 0 Å². The van der Waals surface area contributed by atoms with Crippen molar-refractivity contribution in [1.29, 1.82) is 0 Å². The van der Waals surface area contributed by atoms with Crippen LogP contribution in [0.15, 0.2) is 37.3 Å². The quantitative estimate of drug-likeness (QED) is 0.262. The van der Waals surface area contributed by atoms with E-state index in [1.807, 2.05) is 5.48 Å². The van der Waals surface area contributed by atoms with Crippen molar-refractivity contribution in [2.75, 3.05) is 11.9 Å². The second-order valence-corrected chi connectivity index (χ2v) is 6.60. The van der Waals surface area contributed by atoms with Gasteiger partial charge in [0.25, 0.3) is 0 Å². The highest BCUT2D eigenvalue weighted by atomic mass is 79.9. The fraction of sp³-hybridized carbons (Fsp3) is 0.286. The molecule has 0 spiro atoms. The first kappa shape index (κ1) is 18.1. The third-order valence-electron chi connectivity index (χ3n) is 3.74. The Kier molecular flexibility index (Phi) is 5.04. The van der Waals surface area contributed by atoms with Gasteiger partial charge in [-0.1, -0.05) is 0 Å². The molecule has 1 aromatic carbocycles. The number of nitrogens with zero attached hydrogens (tertiary/aromatic N) is 4. The Bertz CT molecular complexity index is 860. The van der Waals surface area contributed by atoms with Gasteiger partial charge < -0.3 is 16.8 Å². The lowest BCUT2D eigenvalue weighted by Crippen LogP contribution is -2.30. The predicted octanol–water partition coefficient (Wildman–Crippen LogP) is 1.25. The first-order valence-corrected chi connectivity index (χ1v) is 8.33. The van der Waals surface area contributed by atoms with Gasteiger partial charge in [0.1, 0.15) is 5.82 Å². The standard InChI is InChI=1S/C14H16BrFN8O2/c15-8-5-7(1-2-9(8)16)20-12(22-25)10-11(24-26-23-10)19-6-14(3-4-14)21-13(17)18/h1-2,5,25H,3-4,6H2,(H,19,24)(H,20,22)(H4,17,18,21). The van der Waals surface area contributed by atoms with Gasteiger partial charge in [0, 0.05) is 6.54 Å². The van der Waals surface area contributed by atoms with Gasteiger partial charge in [-0.2, -0.15) is 0 Å². The SMILES string of the molecule is NC(N)=NC1(CNc2nonc2C(=Nc2ccc(F)c(Br)c2)NO)CC1. The maximum absolute atomic E-state index is 13.3. The highest BCUT2D eigenvalue weighted by molar-refractivity contribution is 9.10. The normalized spacial score (nSPS) is 15.4. The van der Waals surface area contributed by atoms with Crippen LogP contribution in [0.25, 0.3) is 0 Å². The van der Waals surface area contributed by atoms with Crippen LogP contribution in [0.5, 0.6) is 0 Å². The minimum absolute atomic E-state index is 0.0176. The number of hydroxylamine groups is 1. The van der Waals surface area contributed by atoms with Crippen molar-refractivity contribution in [3.05, 3.63) is 34.2 Å². The first-order chi connectivity index (χ1) is 12.4. The maximum Gasteiger partial charge on any atom is 0.202 e. The summed E-state index contributed by atoms with van der Waals surface area (Å²) < 4.78 is 18.3. The molecule has 1 aliphatic rings. The second kappa shape index (κ2) is 7.25. The molecular formula is C14H16BrFN8O2. The van der Waals surface area contributed by atoms with Gasteiger partial charge in [0.15, 0.2) is 17.5 Å². The Labute approximate surface area is 155 Å². The summed E-state index contributed by atoms with van der Waals surface area (Å²) in [4.78, 5) is 8.37. The average molecular weight is 427 g/mol. The number of nitrogens with two attached hydrogens (primary N) is 2. The van der Waals surface area contributed by atoms with Crippen LogP contribution < -0.4 is 22.3 Å². The molecule has 2 aromatic rings. The molecule has 12 heteroatoms. The van der Waals surface area contributed by atoms with Crippen LogP contribution in [0.4, 0.5) is 15.9 Å². The molecule has 138 valence electrons. The lowest BCUT2D eigenvalue weighted by molar-refractivity contribution is 0.234. The topological polar surface area (TPSA) is 160 Å². The van der Waals surface area contributed by atoms with Crippen molar-refractivity contribution in [2.24, 2.45) is 21.5 Å². The number of benzene rings is 1. The summed E-state index contributed by atoms with van der Waals surface area (Å²) in [6, 6.07) is 4.13.